The molecule has 4 rings (SSSR count). The molecule has 9 nitrogen and oxygen atoms in total. The average molecular weight is 488 g/mol. The van der Waals surface area contributed by atoms with Crippen molar-refractivity contribution in [3.63, 3.8) is 0 Å². The smallest absolute Gasteiger partial charge is 0.351 e. The molecule has 3 aromatic rings. The molecule has 176 valence electrons. The van der Waals surface area contributed by atoms with Gasteiger partial charge in [-0.2, -0.15) is 5.26 Å². The number of nitriles is 1. The van der Waals surface area contributed by atoms with Crippen molar-refractivity contribution in [1.29, 1.82) is 5.26 Å². The molecule has 0 saturated carbocycles. The number of hydrazine groups is 1. The summed E-state index contributed by atoms with van der Waals surface area (Å²) in [7, 11) is 0. The highest BCUT2D eigenvalue weighted by molar-refractivity contribution is 7.99. The second-order valence-electron chi connectivity index (χ2n) is 7.41. The Labute approximate surface area is 206 Å². The number of hydrogen-bond donors (Lipinski definition) is 1. The predicted octanol–water partition coefficient (Wildman–Crippen LogP) is 4.69. The van der Waals surface area contributed by atoms with Crippen LogP contribution >= 0.6 is 11.8 Å². The summed E-state index contributed by atoms with van der Waals surface area (Å²) < 4.78 is 12.0. The quantitative estimate of drug-likeness (QED) is 0.275. The molecule has 0 aliphatic carbocycles. The second-order valence-corrected chi connectivity index (χ2v) is 8.30. The van der Waals surface area contributed by atoms with E-state index in [2.05, 4.69) is 4.99 Å². The molecule has 1 atom stereocenters. The first kappa shape index (κ1) is 23.8. The summed E-state index contributed by atoms with van der Waals surface area (Å²) in [4.78, 5) is 16.2. The van der Waals surface area contributed by atoms with Crippen LogP contribution in [0.2, 0.25) is 0 Å². The van der Waals surface area contributed by atoms with Gasteiger partial charge in [-0.25, -0.2) is 15.8 Å². The predicted molar refractivity (Wildman–Crippen MR) is 133 cm³/mol. The highest BCUT2D eigenvalue weighted by Gasteiger charge is 2.38. The first-order chi connectivity index (χ1) is 17.0. The molecule has 35 heavy (non-hydrogen) atoms. The summed E-state index contributed by atoms with van der Waals surface area (Å²) in [6, 6.07) is 24.9. The summed E-state index contributed by atoms with van der Waals surface area (Å²) in [5.74, 6) is 6.97. The van der Waals surface area contributed by atoms with E-state index in [1.165, 1.54) is 17.8 Å². The standard InChI is InChI=1S/C25H21N5O4S/c1-35-25-28-20(14-17-8-4-2-5-9-17)23(30(31)32)24(29(25)27)34-22-15-18(16-26)12-13-21(22)33-19-10-6-3-7-11-19/h2-13,15,25H,14,27H2,1H3. The molecule has 3 aromatic carbocycles. The summed E-state index contributed by atoms with van der Waals surface area (Å²) in [5, 5.41) is 22.7. The number of hydrogen-bond acceptors (Lipinski definition) is 9. The maximum Gasteiger partial charge on any atom is 0.351 e. The Balaban J connectivity index is 1.79. The van der Waals surface area contributed by atoms with Crippen molar-refractivity contribution in [3.8, 4) is 23.3 Å². The zero-order valence-corrected chi connectivity index (χ0v) is 19.5. The van der Waals surface area contributed by atoms with Crippen LogP contribution in [-0.2, 0) is 6.42 Å². The number of nitrogens with two attached hydrogens (primary N) is 1. The molecule has 1 unspecified atom stereocenters. The Kier molecular flexibility index (Phi) is 7.30. The van der Waals surface area contributed by atoms with Gasteiger partial charge in [-0.15, -0.1) is 11.8 Å². The van der Waals surface area contributed by atoms with E-state index in [0.29, 0.717) is 11.3 Å². The molecule has 2 N–H and O–H groups in total. The Morgan fingerprint density at radius 3 is 2.40 bits per heavy atom. The highest BCUT2D eigenvalue weighted by Crippen LogP contribution is 2.36. The van der Waals surface area contributed by atoms with E-state index in [9.17, 15) is 15.4 Å². The summed E-state index contributed by atoms with van der Waals surface area (Å²) in [6.07, 6.45) is 2.02. The van der Waals surface area contributed by atoms with Crippen LogP contribution in [0, 0.1) is 21.4 Å². The fraction of sp³-hybridized carbons (Fsp3) is 0.120. The third-order valence-corrected chi connectivity index (χ3v) is 5.83. The van der Waals surface area contributed by atoms with Gasteiger partial charge in [0.1, 0.15) is 11.5 Å². The van der Waals surface area contributed by atoms with Crippen LogP contribution < -0.4 is 15.3 Å². The normalized spacial score (nSPS) is 15.3. The van der Waals surface area contributed by atoms with E-state index in [0.717, 1.165) is 10.6 Å². The maximum atomic E-state index is 12.2. The first-order valence-corrected chi connectivity index (χ1v) is 11.8. The Hall–Kier alpha value is -4.33. The van der Waals surface area contributed by atoms with Crippen molar-refractivity contribution >= 4 is 17.5 Å². The van der Waals surface area contributed by atoms with Gasteiger partial charge in [0.05, 0.1) is 16.6 Å². The zero-order chi connectivity index (χ0) is 24.8. The number of thioether (sulfide) groups is 1. The molecule has 0 saturated heterocycles. The summed E-state index contributed by atoms with van der Waals surface area (Å²) >= 11 is 1.30. The topological polar surface area (TPSA) is 127 Å². The Bertz CT molecular complexity index is 1320. The number of para-hydroxylation sites is 1. The van der Waals surface area contributed by atoms with E-state index >= 15 is 0 Å². The molecular weight excluding hydrogens is 466 g/mol. The molecule has 0 amide bonds. The number of benzene rings is 3. The number of rotatable bonds is 8. The number of aliphatic imine (C=N–C) groups is 1. The minimum atomic E-state index is -0.648. The Morgan fingerprint density at radius 1 is 1.09 bits per heavy atom. The maximum absolute atomic E-state index is 12.2. The van der Waals surface area contributed by atoms with Crippen molar-refractivity contribution in [2.75, 3.05) is 6.26 Å². The van der Waals surface area contributed by atoms with Gasteiger partial charge in [-0.1, -0.05) is 48.5 Å². The van der Waals surface area contributed by atoms with Crippen molar-refractivity contribution in [1.82, 2.24) is 5.01 Å². The molecule has 1 aliphatic rings. The Morgan fingerprint density at radius 2 is 1.77 bits per heavy atom. The van der Waals surface area contributed by atoms with Crippen LogP contribution in [0.25, 0.3) is 0 Å². The van der Waals surface area contributed by atoms with Gasteiger partial charge in [0.15, 0.2) is 17.0 Å². The summed E-state index contributed by atoms with van der Waals surface area (Å²) in [5.41, 5.74) is 0.386. The van der Waals surface area contributed by atoms with Gasteiger partial charge < -0.3 is 9.47 Å². The molecule has 0 fully saturated rings. The number of nitrogens with zero attached hydrogens (tertiary/aromatic N) is 4. The third-order valence-electron chi connectivity index (χ3n) is 5.07. The largest absolute Gasteiger partial charge is 0.453 e. The van der Waals surface area contributed by atoms with Gasteiger partial charge in [0.2, 0.25) is 0 Å². The van der Waals surface area contributed by atoms with E-state index in [1.807, 2.05) is 54.6 Å². The van der Waals surface area contributed by atoms with Gasteiger partial charge in [0, 0.05) is 12.5 Å². The minimum Gasteiger partial charge on any atom is -0.453 e. The molecule has 0 radical (unpaired) electrons. The first-order valence-electron chi connectivity index (χ1n) is 10.5. The van der Waals surface area contributed by atoms with Gasteiger partial charge >= 0.3 is 5.70 Å². The molecule has 0 spiro atoms. The second kappa shape index (κ2) is 10.7. The van der Waals surface area contributed by atoms with Crippen LogP contribution in [0.4, 0.5) is 0 Å². The zero-order valence-electron chi connectivity index (χ0n) is 18.7. The van der Waals surface area contributed by atoms with Crippen molar-refractivity contribution in [2.45, 2.75) is 11.9 Å². The molecule has 0 bridgehead atoms. The SMILES string of the molecule is CSC1N=C(Cc2ccccc2)C([N+](=O)[O-])=C(Oc2cc(C#N)ccc2Oc2ccccc2)N1N. The van der Waals surface area contributed by atoms with Crippen LogP contribution in [0.15, 0.2) is 95.4 Å². The van der Waals surface area contributed by atoms with Crippen molar-refractivity contribution in [2.24, 2.45) is 10.8 Å². The lowest BCUT2D eigenvalue weighted by Crippen LogP contribution is -2.45. The third kappa shape index (κ3) is 5.43. The number of nitro groups is 1. The molecule has 1 heterocycles. The monoisotopic (exact) mass is 487 g/mol. The van der Waals surface area contributed by atoms with E-state index < -0.39 is 10.4 Å². The van der Waals surface area contributed by atoms with Crippen molar-refractivity contribution < 1.29 is 14.4 Å². The average Bonchev–Trinajstić information content (AvgIpc) is 2.87. The van der Waals surface area contributed by atoms with E-state index in [-0.39, 0.29) is 35.2 Å². The molecule has 1 aliphatic heterocycles. The number of allylic oxidation sites excluding steroid dienone is 1. The van der Waals surface area contributed by atoms with E-state index in [4.69, 9.17) is 15.3 Å². The van der Waals surface area contributed by atoms with Crippen LogP contribution in [-0.4, -0.2) is 27.4 Å². The molecular formula is C25H21N5O4S. The molecule has 10 heteroatoms. The number of ether oxygens (including phenoxy) is 2. The summed E-state index contributed by atoms with van der Waals surface area (Å²) in [6.45, 7) is 0. The molecule has 0 aromatic heterocycles. The van der Waals surface area contributed by atoms with Gasteiger partial charge in [0.25, 0.3) is 5.88 Å². The fourth-order valence-electron chi connectivity index (χ4n) is 3.43. The lowest BCUT2D eigenvalue weighted by Gasteiger charge is -2.30. The lowest BCUT2D eigenvalue weighted by atomic mass is 10.1. The van der Waals surface area contributed by atoms with Crippen LogP contribution in [0.1, 0.15) is 11.1 Å². The van der Waals surface area contributed by atoms with Crippen LogP contribution in [0.3, 0.4) is 0 Å². The highest BCUT2D eigenvalue weighted by atomic mass is 32.2. The lowest BCUT2D eigenvalue weighted by molar-refractivity contribution is -0.419. The van der Waals surface area contributed by atoms with Gasteiger partial charge in [-0.05, 0) is 36.1 Å². The van der Waals surface area contributed by atoms with Crippen LogP contribution in [0.5, 0.6) is 17.2 Å². The van der Waals surface area contributed by atoms with E-state index in [1.54, 1.807) is 30.5 Å². The van der Waals surface area contributed by atoms with Gasteiger partial charge in [-0.3, -0.25) is 10.1 Å². The fourth-order valence-corrected chi connectivity index (χ4v) is 3.99. The van der Waals surface area contributed by atoms with Crippen molar-refractivity contribution in [3.05, 3.63) is 112 Å². The minimum absolute atomic E-state index is 0.110.